The number of carbonyl (C=O) groups is 3. The summed E-state index contributed by atoms with van der Waals surface area (Å²) < 4.78 is 1.07. The van der Waals surface area contributed by atoms with Crippen molar-refractivity contribution in [3.8, 4) is 0 Å². The van der Waals surface area contributed by atoms with Gasteiger partial charge in [-0.3, -0.25) is 14.9 Å². The highest BCUT2D eigenvalue weighted by molar-refractivity contribution is 7.18. The van der Waals surface area contributed by atoms with E-state index in [0.717, 1.165) is 15.2 Å². The molecule has 0 bridgehead atoms. The number of aromatic nitrogens is 1. The zero-order valence-electron chi connectivity index (χ0n) is 12.7. The fourth-order valence-corrected chi connectivity index (χ4v) is 3.43. The van der Waals surface area contributed by atoms with Gasteiger partial charge in [0, 0.05) is 7.05 Å². The number of benzene rings is 1. The van der Waals surface area contributed by atoms with Crippen molar-refractivity contribution in [3.05, 3.63) is 29.3 Å². The average Bonchev–Trinajstić information content (AvgIpc) is 3.08. The van der Waals surface area contributed by atoms with Crippen molar-refractivity contribution >= 4 is 39.4 Å². The normalized spacial score (nSPS) is 18.6. The van der Waals surface area contributed by atoms with Crippen LogP contribution in [-0.4, -0.2) is 40.8 Å². The molecule has 2 N–H and O–H groups in total. The number of imide groups is 1. The van der Waals surface area contributed by atoms with Gasteiger partial charge in [0.15, 0.2) is 0 Å². The summed E-state index contributed by atoms with van der Waals surface area (Å²) in [6.45, 7) is 1.89. The molecule has 1 aliphatic heterocycles. The number of rotatable bonds is 4. The van der Waals surface area contributed by atoms with E-state index >= 15 is 0 Å². The first-order valence-electron chi connectivity index (χ1n) is 7.18. The van der Waals surface area contributed by atoms with Crippen LogP contribution in [0.25, 0.3) is 10.2 Å². The molecule has 2 atom stereocenters. The summed E-state index contributed by atoms with van der Waals surface area (Å²) in [5, 5.41) is 5.38. The van der Waals surface area contributed by atoms with Crippen LogP contribution in [0.5, 0.6) is 0 Å². The van der Waals surface area contributed by atoms with Crippen molar-refractivity contribution in [2.45, 2.75) is 25.4 Å². The lowest BCUT2D eigenvalue weighted by Gasteiger charge is -2.24. The third kappa shape index (κ3) is 3.02. The molecule has 0 aliphatic carbocycles. The standard InChI is InChI=1S/C15H16N4O3S/c1-8(14-16-9-5-3-4-6-11(9)23-14)19(2)12(20)7-10-13(21)18-15(22)17-10/h3-6,8,10H,7H2,1-2H3,(H2,17,18,21,22)/t8-,10+/m1/s1. The summed E-state index contributed by atoms with van der Waals surface area (Å²) in [5.41, 5.74) is 0.905. The summed E-state index contributed by atoms with van der Waals surface area (Å²) in [6, 6.07) is 6.22. The maximum atomic E-state index is 12.4. The summed E-state index contributed by atoms with van der Waals surface area (Å²) in [7, 11) is 1.67. The first kappa shape index (κ1) is 15.4. The van der Waals surface area contributed by atoms with E-state index in [-0.39, 0.29) is 18.4 Å². The molecule has 0 saturated carbocycles. The molecule has 8 heteroatoms. The minimum atomic E-state index is -0.806. The molecule has 1 aliphatic rings. The van der Waals surface area contributed by atoms with E-state index in [1.807, 2.05) is 31.2 Å². The Morgan fingerprint density at radius 3 is 2.78 bits per heavy atom. The van der Waals surface area contributed by atoms with Crippen LogP contribution in [-0.2, 0) is 9.59 Å². The highest BCUT2D eigenvalue weighted by atomic mass is 32.1. The Hall–Kier alpha value is -2.48. The molecule has 0 spiro atoms. The van der Waals surface area contributed by atoms with Crippen LogP contribution in [0, 0.1) is 0 Å². The molecule has 2 aromatic rings. The van der Waals surface area contributed by atoms with Crippen molar-refractivity contribution < 1.29 is 14.4 Å². The Kier molecular flexibility index (Phi) is 3.99. The van der Waals surface area contributed by atoms with Gasteiger partial charge in [-0.05, 0) is 19.1 Å². The minimum absolute atomic E-state index is 0.0662. The Morgan fingerprint density at radius 2 is 2.13 bits per heavy atom. The summed E-state index contributed by atoms with van der Waals surface area (Å²) in [5.74, 6) is -0.691. The van der Waals surface area contributed by atoms with Gasteiger partial charge in [0.1, 0.15) is 11.0 Å². The second-order valence-corrected chi connectivity index (χ2v) is 6.48. The van der Waals surface area contributed by atoms with E-state index in [0.29, 0.717) is 0 Å². The van der Waals surface area contributed by atoms with E-state index in [4.69, 9.17) is 0 Å². The second-order valence-electron chi connectivity index (χ2n) is 5.42. The Labute approximate surface area is 136 Å². The number of thiazole rings is 1. The number of hydrogen-bond acceptors (Lipinski definition) is 5. The number of fused-ring (bicyclic) bond motifs is 1. The summed E-state index contributed by atoms with van der Waals surface area (Å²) in [6.07, 6.45) is -0.0662. The molecule has 23 heavy (non-hydrogen) atoms. The smallest absolute Gasteiger partial charge is 0.322 e. The van der Waals surface area contributed by atoms with Crippen LogP contribution < -0.4 is 10.6 Å². The van der Waals surface area contributed by atoms with Crippen LogP contribution in [0.15, 0.2) is 24.3 Å². The topological polar surface area (TPSA) is 91.4 Å². The molecular formula is C15H16N4O3S. The Bertz CT molecular complexity index is 755. The molecule has 2 heterocycles. The van der Waals surface area contributed by atoms with Crippen molar-refractivity contribution in [2.75, 3.05) is 7.05 Å². The monoisotopic (exact) mass is 332 g/mol. The van der Waals surface area contributed by atoms with Crippen molar-refractivity contribution in [1.82, 2.24) is 20.5 Å². The molecule has 4 amide bonds. The molecule has 1 aromatic heterocycles. The maximum Gasteiger partial charge on any atom is 0.322 e. The molecular weight excluding hydrogens is 316 g/mol. The number of para-hydroxylation sites is 1. The third-order valence-corrected chi connectivity index (χ3v) is 5.09. The van der Waals surface area contributed by atoms with E-state index < -0.39 is 18.0 Å². The largest absolute Gasteiger partial charge is 0.336 e. The van der Waals surface area contributed by atoms with Gasteiger partial charge in [0.25, 0.3) is 5.91 Å². The van der Waals surface area contributed by atoms with Gasteiger partial charge in [0.05, 0.1) is 22.7 Å². The quantitative estimate of drug-likeness (QED) is 0.828. The number of nitrogens with one attached hydrogen (secondary N) is 2. The first-order chi connectivity index (χ1) is 11.0. The van der Waals surface area contributed by atoms with Gasteiger partial charge < -0.3 is 10.2 Å². The van der Waals surface area contributed by atoms with Crippen LogP contribution in [0.4, 0.5) is 4.79 Å². The van der Waals surface area contributed by atoms with Crippen LogP contribution in [0.3, 0.4) is 0 Å². The van der Waals surface area contributed by atoms with Gasteiger partial charge in [0.2, 0.25) is 5.91 Å². The molecule has 7 nitrogen and oxygen atoms in total. The molecule has 1 saturated heterocycles. The Morgan fingerprint density at radius 1 is 1.39 bits per heavy atom. The van der Waals surface area contributed by atoms with E-state index in [9.17, 15) is 14.4 Å². The zero-order chi connectivity index (χ0) is 16.6. The molecule has 1 fully saturated rings. The van der Waals surface area contributed by atoms with Gasteiger partial charge in [-0.2, -0.15) is 0 Å². The predicted molar refractivity (Wildman–Crippen MR) is 85.9 cm³/mol. The second kappa shape index (κ2) is 5.96. The lowest BCUT2D eigenvalue weighted by molar-refractivity contribution is -0.134. The maximum absolute atomic E-state index is 12.4. The molecule has 1 aromatic carbocycles. The van der Waals surface area contributed by atoms with Gasteiger partial charge in [-0.25, -0.2) is 9.78 Å². The molecule has 120 valence electrons. The lowest BCUT2D eigenvalue weighted by Crippen LogP contribution is -2.38. The van der Waals surface area contributed by atoms with E-state index in [2.05, 4.69) is 15.6 Å². The van der Waals surface area contributed by atoms with Gasteiger partial charge >= 0.3 is 6.03 Å². The predicted octanol–water partition coefficient (Wildman–Crippen LogP) is 1.41. The third-order valence-electron chi connectivity index (χ3n) is 3.88. The van der Waals surface area contributed by atoms with Gasteiger partial charge in [-0.15, -0.1) is 11.3 Å². The molecule has 0 unspecified atom stereocenters. The molecule has 3 rings (SSSR count). The zero-order valence-corrected chi connectivity index (χ0v) is 13.5. The number of amides is 4. The number of hydrogen-bond donors (Lipinski definition) is 2. The number of carbonyl (C=O) groups excluding carboxylic acids is 3. The SMILES string of the molecule is C[C@H](c1nc2ccccc2s1)N(C)C(=O)C[C@@H]1NC(=O)NC1=O. The van der Waals surface area contributed by atoms with Crippen molar-refractivity contribution in [1.29, 1.82) is 0 Å². The van der Waals surface area contributed by atoms with E-state index in [1.165, 1.54) is 0 Å². The Balaban J connectivity index is 1.71. The summed E-state index contributed by atoms with van der Waals surface area (Å²) >= 11 is 1.54. The average molecular weight is 332 g/mol. The van der Waals surface area contributed by atoms with Crippen molar-refractivity contribution in [3.63, 3.8) is 0 Å². The van der Waals surface area contributed by atoms with Gasteiger partial charge in [-0.1, -0.05) is 12.1 Å². The highest BCUT2D eigenvalue weighted by Crippen LogP contribution is 2.29. The molecule has 0 radical (unpaired) electrons. The van der Waals surface area contributed by atoms with Crippen LogP contribution in [0.2, 0.25) is 0 Å². The van der Waals surface area contributed by atoms with Crippen LogP contribution >= 0.6 is 11.3 Å². The first-order valence-corrected chi connectivity index (χ1v) is 8.00. The van der Waals surface area contributed by atoms with Crippen LogP contribution in [0.1, 0.15) is 24.4 Å². The highest BCUT2D eigenvalue weighted by Gasteiger charge is 2.33. The fourth-order valence-electron chi connectivity index (χ4n) is 2.37. The fraction of sp³-hybridized carbons (Fsp3) is 0.333. The minimum Gasteiger partial charge on any atom is -0.336 e. The number of urea groups is 1. The number of nitrogens with zero attached hydrogens (tertiary/aromatic N) is 2. The van der Waals surface area contributed by atoms with Crippen molar-refractivity contribution in [2.24, 2.45) is 0 Å². The summed E-state index contributed by atoms with van der Waals surface area (Å²) in [4.78, 5) is 41.1. The van der Waals surface area contributed by atoms with E-state index in [1.54, 1.807) is 23.3 Å². The lowest BCUT2D eigenvalue weighted by atomic mass is 10.1.